The van der Waals surface area contributed by atoms with E-state index < -0.39 is 5.91 Å². The van der Waals surface area contributed by atoms with Crippen molar-refractivity contribution in [3.8, 4) is 0 Å². The molecule has 1 amide bonds. The molecule has 1 aromatic carbocycles. The van der Waals surface area contributed by atoms with Crippen molar-refractivity contribution in [1.82, 2.24) is 5.32 Å². The Hall–Kier alpha value is -1.26. The SMILES string of the molecule is NC(=O)c1c(Cl)cccc1N1CC2CNCC2C1. The number of carbonyl (C=O) groups excluding carboxylic acids is 1. The summed E-state index contributed by atoms with van der Waals surface area (Å²) in [6.07, 6.45) is 0. The van der Waals surface area contributed by atoms with Gasteiger partial charge in [-0.25, -0.2) is 0 Å². The molecule has 3 N–H and O–H groups in total. The number of rotatable bonds is 2. The Morgan fingerprint density at radius 3 is 2.61 bits per heavy atom. The van der Waals surface area contributed by atoms with E-state index in [0.717, 1.165) is 31.9 Å². The van der Waals surface area contributed by atoms with Crippen molar-refractivity contribution >= 4 is 23.2 Å². The lowest BCUT2D eigenvalue weighted by molar-refractivity contribution is 0.100. The summed E-state index contributed by atoms with van der Waals surface area (Å²) in [5.74, 6) is 0.889. The Labute approximate surface area is 111 Å². The first-order valence-corrected chi connectivity index (χ1v) is 6.58. The van der Waals surface area contributed by atoms with Gasteiger partial charge in [0.05, 0.1) is 16.3 Å². The summed E-state index contributed by atoms with van der Waals surface area (Å²) in [6.45, 7) is 4.07. The topological polar surface area (TPSA) is 58.4 Å². The van der Waals surface area contributed by atoms with Crippen LogP contribution in [0.25, 0.3) is 0 Å². The lowest BCUT2D eigenvalue weighted by Gasteiger charge is -2.22. The van der Waals surface area contributed by atoms with Gasteiger partial charge in [0, 0.05) is 26.2 Å². The summed E-state index contributed by atoms with van der Waals surface area (Å²) < 4.78 is 0. The molecular formula is C13H16ClN3O. The number of fused-ring (bicyclic) bond motifs is 1. The molecule has 2 aliphatic heterocycles. The van der Waals surface area contributed by atoms with Crippen LogP contribution in [0.5, 0.6) is 0 Å². The number of amides is 1. The Morgan fingerprint density at radius 2 is 2.00 bits per heavy atom. The van der Waals surface area contributed by atoms with Crippen molar-refractivity contribution in [1.29, 1.82) is 0 Å². The molecule has 2 heterocycles. The zero-order chi connectivity index (χ0) is 12.7. The minimum Gasteiger partial charge on any atom is -0.370 e. The number of hydrogen-bond donors (Lipinski definition) is 2. The lowest BCUT2D eigenvalue weighted by Crippen LogP contribution is -2.28. The zero-order valence-corrected chi connectivity index (χ0v) is 10.8. The van der Waals surface area contributed by atoms with E-state index in [9.17, 15) is 4.79 Å². The van der Waals surface area contributed by atoms with Crippen LogP contribution in [0, 0.1) is 11.8 Å². The summed E-state index contributed by atoms with van der Waals surface area (Å²) in [7, 11) is 0. The van der Waals surface area contributed by atoms with Crippen molar-refractivity contribution in [2.75, 3.05) is 31.1 Å². The van der Waals surface area contributed by atoms with E-state index in [4.69, 9.17) is 17.3 Å². The summed E-state index contributed by atoms with van der Waals surface area (Å²) in [4.78, 5) is 13.8. The number of primary amides is 1. The molecule has 0 saturated carbocycles. The molecular weight excluding hydrogens is 250 g/mol. The molecule has 0 aliphatic carbocycles. The van der Waals surface area contributed by atoms with Gasteiger partial charge in [-0.1, -0.05) is 17.7 Å². The van der Waals surface area contributed by atoms with Gasteiger partial charge < -0.3 is 16.0 Å². The summed E-state index contributed by atoms with van der Waals surface area (Å²) in [5, 5.41) is 3.84. The highest BCUT2D eigenvalue weighted by atomic mass is 35.5. The van der Waals surface area contributed by atoms with Gasteiger partial charge in [-0.3, -0.25) is 4.79 Å². The highest BCUT2D eigenvalue weighted by Crippen LogP contribution is 2.34. The fourth-order valence-electron chi connectivity index (χ4n) is 3.07. The molecule has 0 spiro atoms. The summed E-state index contributed by atoms with van der Waals surface area (Å²) in [5.41, 5.74) is 6.77. The molecule has 2 atom stereocenters. The molecule has 2 unspecified atom stereocenters. The number of hydrogen-bond acceptors (Lipinski definition) is 3. The van der Waals surface area contributed by atoms with Crippen molar-refractivity contribution < 1.29 is 4.79 Å². The van der Waals surface area contributed by atoms with Gasteiger partial charge in [-0.2, -0.15) is 0 Å². The molecule has 2 saturated heterocycles. The van der Waals surface area contributed by atoms with Crippen molar-refractivity contribution in [2.24, 2.45) is 17.6 Å². The maximum atomic E-state index is 11.5. The monoisotopic (exact) mass is 265 g/mol. The fraction of sp³-hybridized carbons (Fsp3) is 0.462. The van der Waals surface area contributed by atoms with Crippen LogP contribution in [0.4, 0.5) is 5.69 Å². The minimum atomic E-state index is -0.453. The number of nitrogens with one attached hydrogen (secondary N) is 1. The highest BCUT2D eigenvalue weighted by Gasteiger charge is 2.37. The van der Waals surface area contributed by atoms with Crippen LogP contribution in [-0.4, -0.2) is 32.1 Å². The second-order valence-corrected chi connectivity index (χ2v) is 5.49. The molecule has 0 radical (unpaired) electrons. The highest BCUT2D eigenvalue weighted by molar-refractivity contribution is 6.34. The average molecular weight is 266 g/mol. The standard InChI is InChI=1S/C13H16ClN3O/c14-10-2-1-3-11(12(10)13(15)18)17-6-8-4-16-5-9(8)7-17/h1-3,8-9,16H,4-7H2,(H2,15,18). The van der Waals surface area contributed by atoms with Crippen LogP contribution in [-0.2, 0) is 0 Å². The molecule has 2 fully saturated rings. The van der Waals surface area contributed by atoms with E-state index in [-0.39, 0.29) is 0 Å². The molecule has 5 heteroatoms. The van der Waals surface area contributed by atoms with Crippen LogP contribution in [0.2, 0.25) is 5.02 Å². The molecule has 0 aromatic heterocycles. The predicted molar refractivity (Wildman–Crippen MR) is 72.0 cm³/mol. The van der Waals surface area contributed by atoms with Crippen molar-refractivity contribution in [3.63, 3.8) is 0 Å². The zero-order valence-electron chi connectivity index (χ0n) is 10.0. The minimum absolute atomic E-state index is 0.440. The first-order valence-electron chi connectivity index (χ1n) is 6.21. The first kappa shape index (κ1) is 11.8. The maximum Gasteiger partial charge on any atom is 0.252 e. The van der Waals surface area contributed by atoms with E-state index in [1.54, 1.807) is 6.07 Å². The molecule has 4 nitrogen and oxygen atoms in total. The van der Waals surface area contributed by atoms with Crippen LogP contribution in [0.1, 0.15) is 10.4 Å². The van der Waals surface area contributed by atoms with Gasteiger partial charge in [0.25, 0.3) is 5.91 Å². The third-order valence-electron chi connectivity index (χ3n) is 3.97. The van der Waals surface area contributed by atoms with E-state index >= 15 is 0 Å². The van der Waals surface area contributed by atoms with Gasteiger partial charge in [0.1, 0.15) is 0 Å². The number of anilines is 1. The average Bonchev–Trinajstić information content (AvgIpc) is 2.87. The van der Waals surface area contributed by atoms with Gasteiger partial charge >= 0.3 is 0 Å². The molecule has 1 aromatic rings. The second kappa shape index (κ2) is 4.44. The van der Waals surface area contributed by atoms with Crippen LogP contribution < -0.4 is 16.0 Å². The predicted octanol–water partition coefficient (Wildman–Crippen LogP) is 1.09. The summed E-state index contributed by atoms with van der Waals surface area (Å²) in [6, 6.07) is 5.51. The maximum absolute atomic E-state index is 11.5. The van der Waals surface area contributed by atoms with Crippen molar-refractivity contribution in [2.45, 2.75) is 0 Å². The largest absolute Gasteiger partial charge is 0.370 e. The Balaban J connectivity index is 1.93. The van der Waals surface area contributed by atoms with E-state index in [2.05, 4.69) is 10.2 Å². The summed E-state index contributed by atoms with van der Waals surface area (Å²) >= 11 is 6.08. The van der Waals surface area contributed by atoms with Gasteiger partial charge in [-0.15, -0.1) is 0 Å². The van der Waals surface area contributed by atoms with E-state index in [1.165, 1.54) is 0 Å². The quantitative estimate of drug-likeness (QED) is 0.842. The number of nitrogens with two attached hydrogens (primary N) is 1. The number of benzene rings is 1. The van der Waals surface area contributed by atoms with Gasteiger partial charge in [-0.05, 0) is 24.0 Å². The Morgan fingerprint density at radius 1 is 1.33 bits per heavy atom. The van der Waals surface area contributed by atoms with Crippen LogP contribution in [0.3, 0.4) is 0 Å². The van der Waals surface area contributed by atoms with E-state index in [1.807, 2.05) is 12.1 Å². The van der Waals surface area contributed by atoms with Gasteiger partial charge in [0.15, 0.2) is 0 Å². The molecule has 0 bridgehead atoms. The Kier molecular flexibility index (Phi) is 2.92. The lowest BCUT2D eigenvalue weighted by atomic mass is 10.0. The molecule has 96 valence electrons. The third kappa shape index (κ3) is 1.85. The fourth-order valence-corrected chi connectivity index (χ4v) is 3.33. The van der Waals surface area contributed by atoms with Crippen LogP contribution in [0.15, 0.2) is 18.2 Å². The van der Waals surface area contributed by atoms with Crippen molar-refractivity contribution in [3.05, 3.63) is 28.8 Å². The smallest absolute Gasteiger partial charge is 0.252 e. The second-order valence-electron chi connectivity index (χ2n) is 5.08. The first-order chi connectivity index (χ1) is 8.66. The number of carbonyl (C=O) groups is 1. The Bertz CT molecular complexity index is 479. The van der Waals surface area contributed by atoms with Crippen LogP contribution >= 0.6 is 11.6 Å². The molecule has 2 aliphatic rings. The molecule has 3 rings (SSSR count). The molecule has 18 heavy (non-hydrogen) atoms. The number of nitrogens with zero attached hydrogens (tertiary/aromatic N) is 1. The number of halogens is 1. The normalized spacial score (nSPS) is 26.4. The van der Waals surface area contributed by atoms with E-state index in [0.29, 0.717) is 22.4 Å². The van der Waals surface area contributed by atoms with Gasteiger partial charge in [0.2, 0.25) is 0 Å². The third-order valence-corrected chi connectivity index (χ3v) is 4.28.